The molecule has 2 amide bonds. The third-order valence-electron chi connectivity index (χ3n) is 5.91. The van der Waals surface area contributed by atoms with E-state index >= 15 is 0 Å². The van der Waals surface area contributed by atoms with E-state index in [-0.39, 0.29) is 17.7 Å². The number of amides is 2. The van der Waals surface area contributed by atoms with Crippen molar-refractivity contribution in [3.05, 3.63) is 47.5 Å². The summed E-state index contributed by atoms with van der Waals surface area (Å²) in [5, 5.41) is 3.01. The predicted molar refractivity (Wildman–Crippen MR) is 124 cm³/mol. The zero-order valence-corrected chi connectivity index (χ0v) is 19.4. The topological polar surface area (TPSA) is 77.1 Å². The van der Waals surface area contributed by atoms with Crippen molar-refractivity contribution in [1.82, 2.24) is 4.90 Å². The van der Waals surface area contributed by atoms with E-state index in [0.29, 0.717) is 54.7 Å². The summed E-state index contributed by atoms with van der Waals surface area (Å²) in [6, 6.07) is 11.3. The van der Waals surface area contributed by atoms with Gasteiger partial charge in [-0.25, -0.2) is 0 Å². The van der Waals surface area contributed by atoms with E-state index in [1.165, 1.54) is 26.9 Å². The minimum atomic E-state index is -0.122. The number of benzene rings is 2. The van der Waals surface area contributed by atoms with Crippen LogP contribution in [0.1, 0.15) is 48.5 Å². The van der Waals surface area contributed by atoms with E-state index < -0.39 is 0 Å². The van der Waals surface area contributed by atoms with Crippen LogP contribution in [-0.4, -0.2) is 51.1 Å². The molecule has 0 unspecified atom stereocenters. The summed E-state index contributed by atoms with van der Waals surface area (Å²) in [6.45, 7) is 5.31. The van der Waals surface area contributed by atoms with Gasteiger partial charge in [0.1, 0.15) is 0 Å². The maximum absolute atomic E-state index is 13.1. The van der Waals surface area contributed by atoms with Gasteiger partial charge in [0, 0.05) is 30.3 Å². The summed E-state index contributed by atoms with van der Waals surface area (Å²) >= 11 is 0. The Morgan fingerprint density at radius 3 is 1.97 bits per heavy atom. The van der Waals surface area contributed by atoms with E-state index in [9.17, 15) is 9.59 Å². The number of rotatable bonds is 7. The molecule has 0 saturated carbocycles. The number of nitrogens with one attached hydrogen (secondary N) is 1. The fraction of sp³-hybridized carbons (Fsp3) is 0.440. The average Bonchev–Trinajstić information content (AvgIpc) is 2.82. The second-order valence-corrected chi connectivity index (χ2v) is 8.25. The molecule has 0 radical (unpaired) electrons. The van der Waals surface area contributed by atoms with Crippen molar-refractivity contribution in [1.29, 1.82) is 0 Å². The van der Waals surface area contributed by atoms with Gasteiger partial charge in [-0.1, -0.05) is 26.0 Å². The third-order valence-corrected chi connectivity index (χ3v) is 5.91. The Morgan fingerprint density at radius 2 is 1.50 bits per heavy atom. The number of methoxy groups -OCH3 is 3. The molecule has 1 aliphatic rings. The van der Waals surface area contributed by atoms with E-state index in [4.69, 9.17) is 14.2 Å². The number of likely N-dealkylation sites (tertiary alicyclic amines) is 1. The Hall–Kier alpha value is -3.22. The zero-order valence-electron chi connectivity index (χ0n) is 19.4. The van der Waals surface area contributed by atoms with Crippen molar-refractivity contribution < 1.29 is 23.8 Å². The Bertz CT molecular complexity index is 922. The third kappa shape index (κ3) is 5.15. The van der Waals surface area contributed by atoms with Crippen molar-refractivity contribution in [2.24, 2.45) is 5.92 Å². The molecule has 2 aromatic carbocycles. The number of piperidine rings is 1. The smallest absolute Gasteiger partial charge is 0.254 e. The number of hydrogen-bond acceptors (Lipinski definition) is 5. The van der Waals surface area contributed by atoms with Crippen LogP contribution in [0.5, 0.6) is 17.2 Å². The van der Waals surface area contributed by atoms with Gasteiger partial charge in [0.05, 0.1) is 21.3 Å². The molecule has 1 saturated heterocycles. The highest BCUT2D eigenvalue weighted by atomic mass is 16.5. The number of carbonyl (C=O) groups is 2. The monoisotopic (exact) mass is 440 g/mol. The van der Waals surface area contributed by atoms with Crippen molar-refractivity contribution >= 4 is 17.5 Å². The number of nitrogens with zero attached hydrogens (tertiary/aromatic N) is 1. The van der Waals surface area contributed by atoms with Crippen LogP contribution in [0.3, 0.4) is 0 Å². The van der Waals surface area contributed by atoms with Gasteiger partial charge in [-0.3, -0.25) is 9.59 Å². The molecule has 1 N–H and O–H groups in total. The van der Waals surface area contributed by atoms with Crippen LogP contribution in [0.4, 0.5) is 5.69 Å². The summed E-state index contributed by atoms with van der Waals surface area (Å²) in [5.74, 6) is 1.54. The SMILES string of the molecule is COc1cc(C(=O)N2CCC(C(=O)Nc3ccc(C(C)C)cc3)CC2)cc(OC)c1OC. The summed E-state index contributed by atoms with van der Waals surface area (Å²) < 4.78 is 16.0. The lowest BCUT2D eigenvalue weighted by molar-refractivity contribution is -0.121. The average molecular weight is 441 g/mol. The van der Waals surface area contributed by atoms with Gasteiger partial charge in [0.2, 0.25) is 11.7 Å². The largest absolute Gasteiger partial charge is 0.493 e. The van der Waals surface area contributed by atoms with Gasteiger partial charge in [0.25, 0.3) is 5.91 Å². The van der Waals surface area contributed by atoms with Gasteiger partial charge >= 0.3 is 0 Å². The fourth-order valence-corrected chi connectivity index (χ4v) is 3.93. The van der Waals surface area contributed by atoms with Gasteiger partial charge < -0.3 is 24.4 Å². The predicted octanol–water partition coefficient (Wildman–Crippen LogP) is 4.33. The van der Waals surface area contributed by atoms with Gasteiger partial charge in [-0.2, -0.15) is 0 Å². The Kier molecular flexibility index (Phi) is 7.62. The molecule has 172 valence electrons. The first-order chi connectivity index (χ1) is 15.4. The van der Waals surface area contributed by atoms with Crippen molar-refractivity contribution in [3.63, 3.8) is 0 Å². The number of carbonyl (C=O) groups excluding carboxylic acids is 2. The number of ether oxygens (including phenoxy) is 3. The second-order valence-electron chi connectivity index (χ2n) is 8.25. The summed E-state index contributed by atoms with van der Waals surface area (Å²) in [7, 11) is 4.56. The minimum absolute atomic E-state index is 0.00202. The molecular formula is C25H32N2O5. The van der Waals surface area contributed by atoms with Crippen molar-refractivity contribution in [2.75, 3.05) is 39.7 Å². The molecule has 2 aromatic rings. The van der Waals surface area contributed by atoms with Gasteiger partial charge in [-0.15, -0.1) is 0 Å². The quantitative estimate of drug-likeness (QED) is 0.694. The van der Waals surface area contributed by atoms with Gasteiger partial charge in [0.15, 0.2) is 11.5 Å². The summed E-state index contributed by atoms with van der Waals surface area (Å²) in [5.41, 5.74) is 2.50. The molecule has 0 bridgehead atoms. The van der Waals surface area contributed by atoms with Crippen LogP contribution >= 0.6 is 0 Å². The highest BCUT2D eigenvalue weighted by Crippen LogP contribution is 2.38. The van der Waals surface area contributed by atoms with Crippen LogP contribution in [0.15, 0.2) is 36.4 Å². The lowest BCUT2D eigenvalue weighted by atomic mass is 9.95. The van der Waals surface area contributed by atoms with E-state index in [1.54, 1.807) is 17.0 Å². The van der Waals surface area contributed by atoms with E-state index in [1.807, 2.05) is 24.3 Å². The van der Waals surface area contributed by atoms with Crippen LogP contribution in [-0.2, 0) is 4.79 Å². The van der Waals surface area contributed by atoms with Crippen molar-refractivity contribution in [3.8, 4) is 17.2 Å². The zero-order chi connectivity index (χ0) is 23.3. The standard InChI is InChI=1S/C25H32N2O5/c1-16(2)17-6-8-20(9-7-17)26-24(28)18-10-12-27(13-11-18)25(29)19-14-21(30-3)23(32-5)22(15-19)31-4/h6-9,14-16,18H,10-13H2,1-5H3,(H,26,28). The highest BCUT2D eigenvalue weighted by Gasteiger charge is 2.29. The number of anilines is 1. The molecule has 3 rings (SSSR count). The Morgan fingerprint density at radius 1 is 0.938 bits per heavy atom. The first-order valence-electron chi connectivity index (χ1n) is 10.9. The van der Waals surface area contributed by atoms with Crippen LogP contribution in [0, 0.1) is 5.92 Å². The normalized spacial score (nSPS) is 14.2. The molecule has 7 nitrogen and oxygen atoms in total. The second kappa shape index (κ2) is 10.4. The number of hydrogen-bond donors (Lipinski definition) is 1. The van der Waals surface area contributed by atoms with Crippen LogP contribution in [0.2, 0.25) is 0 Å². The van der Waals surface area contributed by atoms with Crippen LogP contribution < -0.4 is 19.5 Å². The molecule has 1 fully saturated rings. The molecule has 32 heavy (non-hydrogen) atoms. The maximum atomic E-state index is 13.1. The lowest BCUT2D eigenvalue weighted by Gasteiger charge is -2.31. The summed E-state index contributed by atoms with van der Waals surface area (Å²) in [6.07, 6.45) is 1.23. The van der Waals surface area contributed by atoms with Gasteiger partial charge in [-0.05, 0) is 48.6 Å². The Labute approximate surface area is 189 Å². The van der Waals surface area contributed by atoms with E-state index in [2.05, 4.69) is 19.2 Å². The van der Waals surface area contributed by atoms with Crippen LogP contribution in [0.25, 0.3) is 0 Å². The molecule has 7 heteroatoms. The fourth-order valence-electron chi connectivity index (χ4n) is 3.93. The minimum Gasteiger partial charge on any atom is -0.493 e. The van der Waals surface area contributed by atoms with E-state index in [0.717, 1.165) is 5.69 Å². The maximum Gasteiger partial charge on any atom is 0.254 e. The molecule has 1 heterocycles. The Balaban J connectivity index is 1.61. The molecule has 0 aliphatic carbocycles. The highest BCUT2D eigenvalue weighted by molar-refractivity contribution is 5.96. The molecule has 1 aliphatic heterocycles. The first kappa shape index (κ1) is 23.4. The molecular weight excluding hydrogens is 408 g/mol. The molecule has 0 spiro atoms. The molecule has 0 aromatic heterocycles. The van der Waals surface area contributed by atoms with Crippen molar-refractivity contribution in [2.45, 2.75) is 32.6 Å². The lowest BCUT2D eigenvalue weighted by Crippen LogP contribution is -2.41. The molecule has 0 atom stereocenters. The summed E-state index contributed by atoms with van der Waals surface area (Å²) in [4.78, 5) is 27.5. The first-order valence-corrected chi connectivity index (χ1v) is 10.9.